The molecule has 6 nitrogen and oxygen atoms in total. The van der Waals surface area contributed by atoms with Crippen molar-refractivity contribution in [3.63, 3.8) is 0 Å². The van der Waals surface area contributed by atoms with Crippen molar-refractivity contribution >= 4 is 46.0 Å². The maximum absolute atomic E-state index is 11.6. The van der Waals surface area contributed by atoms with Gasteiger partial charge in [-0.15, -0.1) is 24.0 Å². The molecule has 0 amide bonds. The maximum Gasteiger partial charge on any atom is 0.211 e. The number of piperidine rings is 2. The lowest BCUT2D eigenvalue weighted by molar-refractivity contribution is 0.271. The minimum absolute atomic E-state index is 0. The van der Waals surface area contributed by atoms with Crippen molar-refractivity contribution in [2.75, 3.05) is 46.0 Å². The van der Waals surface area contributed by atoms with E-state index in [1.165, 1.54) is 17.4 Å². The van der Waals surface area contributed by atoms with E-state index in [4.69, 9.17) is 0 Å². The highest BCUT2D eigenvalue weighted by Crippen LogP contribution is 2.21. The number of aliphatic imine (C=N–C) groups is 1. The zero-order valence-electron chi connectivity index (χ0n) is 17.4. The van der Waals surface area contributed by atoms with Gasteiger partial charge in [-0.3, -0.25) is 4.99 Å². The van der Waals surface area contributed by atoms with Gasteiger partial charge in [0.2, 0.25) is 10.0 Å². The number of benzene rings is 1. The fourth-order valence-corrected chi connectivity index (χ4v) is 4.82. The number of nitrogens with zero attached hydrogens (tertiary/aromatic N) is 3. The second-order valence-electron chi connectivity index (χ2n) is 7.73. The summed E-state index contributed by atoms with van der Waals surface area (Å²) in [5.41, 5.74) is 2.76. The Balaban J connectivity index is 0.00000300. The lowest BCUT2D eigenvalue weighted by Gasteiger charge is -2.34. The molecular weight excluding hydrogens is 499 g/mol. The predicted octanol–water partition coefficient (Wildman–Crippen LogP) is 3.03. The van der Waals surface area contributed by atoms with E-state index < -0.39 is 10.0 Å². The van der Waals surface area contributed by atoms with Crippen LogP contribution >= 0.6 is 24.0 Å². The van der Waals surface area contributed by atoms with Crippen LogP contribution in [0.25, 0.3) is 6.08 Å². The first-order valence-electron chi connectivity index (χ1n) is 10.1. The molecule has 162 valence electrons. The van der Waals surface area contributed by atoms with Gasteiger partial charge < -0.3 is 10.2 Å². The van der Waals surface area contributed by atoms with Gasteiger partial charge in [-0.1, -0.05) is 42.0 Å². The van der Waals surface area contributed by atoms with Crippen LogP contribution in [0.5, 0.6) is 0 Å². The summed E-state index contributed by atoms with van der Waals surface area (Å²) < 4.78 is 24.9. The third-order valence-corrected chi connectivity index (χ3v) is 6.98. The predicted molar refractivity (Wildman–Crippen MR) is 131 cm³/mol. The number of halogens is 1. The Morgan fingerprint density at radius 3 is 2.31 bits per heavy atom. The number of nitrogens with one attached hydrogen (secondary N) is 1. The number of likely N-dealkylation sites (tertiary alicyclic amines) is 1. The van der Waals surface area contributed by atoms with Crippen molar-refractivity contribution in [3.05, 3.63) is 41.5 Å². The second-order valence-corrected chi connectivity index (χ2v) is 9.72. The summed E-state index contributed by atoms with van der Waals surface area (Å²) in [5, 5.41) is 3.52. The van der Waals surface area contributed by atoms with E-state index in [9.17, 15) is 8.42 Å². The number of rotatable bonds is 4. The van der Waals surface area contributed by atoms with Crippen LogP contribution < -0.4 is 5.32 Å². The molecule has 0 aromatic heterocycles. The van der Waals surface area contributed by atoms with Crippen molar-refractivity contribution in [2.24, 2.45) is 10.9 Å². The summed E-state index contributed by atoms with van der Waals surface area (Å²) in [6.07, 6.45) is 7.53. The number of hydrogen-bond donors (Lipinski definition) is 1. The molecule has 0 saturated carbocycles. The van der Waals surface area contributed by atoms with Crippen LogP contribution in [0.3, 0.4) is 0 Å². The zero-order chi connectivity index (χ0) is 20.0. The molecule has 0 radical (unpaired) electrons. The van der Waals surface area contributed by atoms with Crippen LogP contribution in [0.4, 0.5) is 0 Å². The summed E-state index contributed by atoms with van der Waals surface area (Å²) in [4.78, 5) is 6.79. The lowest BCUT2D eigenvalue weighted by Crippen LogP contribution is -2.47. The first kappa shape index (κ1) is 24.1. The monoisotopic (exact) mass is 532 g/mol. The van der Waals surface area contributed by atoms with Crippen molar-refractivity contribution in [2.45, 2.75) is 25.7 Å². The van der Waals surface area contributed by atoms with Crippen LogP contribution in [0.1, 0.15) is 31.2 Å². The highest BCUT2D eigenvalue weighted by molar-refractivity contribution is 14.0. The van der Waals surface area contributed by atoms with Gasteiger partial charge in [-0.2, -0.15) is 0 Å². The Bertz CT molecular complexity index is 793. The first-order valence-corrected chi connectivity index (χ1v) is 12.0. The maximum atomic E-state index is 11.6. The Labute approximate surface area is 192 Å². The van der Waals surface area contributed by atoms with Gasteiger partial charge in [-0.05, 0) is 37.2 Å². The zero-order valence-corrected chi connectivity index (χ0v) is 20.5. The molecule has 0 bridgehead atoms. The third kappa shape index (κ3) is 7.25. The third-order valence-electron chi connectivity index (χ3n) is 5.68. The summed E-state index contributed by atoms with van der Waals surface area (Å²) in [6, 6.07) is 10.5. The normalized spacial score (nSPS) is 19.6. The van der Waals surface area contributed by atoms with Crippen LogP contribution in [0, 0.1) is 5.92 Å². The average molecular weight is 532 g/mol. The van der Waals surface area contributed by atoms with E-state index in [1.807, 2.05) is 13.1 Å². The van der Waals surface area contributed by atoms with E-state index in [0.717, 1.165) is 51.3 Å². The molecule has 2 heterocycles. The van der Waals surface area contributed by atoms with Gasteiger partial charge in [-0.25, -0.2) is 12.7 Å². The minimum atomic E-state index is -3.05. The van der Waals surface area contributed by atoms with Gasteiger partial charge in [0.15, 0.2) is 5.96 Å². The Morgan fingerprint density at radius 2 is 1.76 bits per heavy atom. The molecule has 8 heteroatoms. The molecule has 1 N–H and O–H groups in total. The minimum Gasteiger partial charge on any atom is -0.356 e. The van der Waals surface area contributed by atoms with Crippen LogP contribution in [-0.4, -0.2) is 69.6 Å². The average Bonchev–Trinajstić information content (AvgIpc) is 2.70. The highest BCUT2D eigenvalue weighted by Gasteiger charge is 2.25. The number of sulfonamides is 1. The van der Waals surface area contributed by atoms with Crippen molar-refractivity contribution in [1.82, 2.24) is 14.5 Å². The van der Waals surface area contributed by atoms with Crippen molar-refractivity contribution < 1.29 is 8.42 Å². The topological polar surface area (TPSA) is 65.0 Å². The fourth-order valence-electron chi connectivity index (χ4n) is 3.95. The Hall–Kier alpha value is -1.13. The van der Waals surface area contributed by atoms with Gasteiger partial charge in [0, 0.05) is 39.8 Å². The molecule has 2 aliphatic rings. The number of hydrogen-bond acceptors (Lipinski definition) is 3. The van der Waals surface area contributed by atoms with Crippen molar-refractivity contribution in [3.8, 4) is 0 Å². The molecule has 2 saturated heterocycles. The van der Waals surface area contributed by atoms with E-state index >= 15 is 0 Å². The molecule has 1 aromatic carbocycles. The lowest BCUT2D eigenvalue weighted by atomic mass is 9.98. The van der Waals surface area contributed by atoms with Crippen LogP contribution in [-0.2, 0) is 10.0 Å². The molecular formula is C21H33IN4O2S. The van der Waals surface area contributed by atoms with E-state index in [0.29, 0.717) is 19.0 Å². The molecule has 0 aliphatic carbocycles. The summed E-state index contributed by atoms with van der Waals surface area (Å²) in [6.45, 7) is 4.06. The first-order chi connectivity index (χ1) is 13.5. The van der Waals surface area contributed by atoms with E-state index in [-0.39, 0.29) is 24.0 Å². The number of guanidine groups is 1. The molecule has 2 aliphatic heterocycles. The van der Waals surface area contributed by atoms with Gasteiger partial charge in [0.25, 0.3) is 0 Å². The van der Waals surface area contributed by atoms with E-state index in [1.54, 1.807) is 4.31 Å². The van der Waals surface area contributed by atoms with Crippen LogP contribution in [0.15, 0.2) is 40.9 Å². The molecule has 0 atom stereocenters. The van der Waals surface area contributed by atoms with E-state index in [2.05, 4.69) is 45.6 Å². The quantitative estimate of drug-likeness (QED) is 0.368. The Morgan fingerprint density at radius 1 is 1.14 bits per heavy atom. The highest BCUT2D eigenvalue weighted by atomic mass is 127. The summed E-state index contributed by atoms with van der Waals surface area (Å²) in [5.74, 6) is 1.46. The molecule has 3 rings (SSSR count). The molecule has 0 spiro atoms. The van der Waals surface area contributed by atoms with Gasteiger partial charge in [0.05, 0.1) is 6.26 Å². The molecule has 1 aromatic rings. The van der Waals surface area contributed by atoms with Gasteiger partial charge in [0.1, 0.15) is 0 Å². The SMILES string of the molecule is CN=C(NCC1CCN(S(C)(=O)=O)CC1)N1CCC(=Cc2ccccc2)CC1.I. The summed E-state index contributed by atoms with van der Waals surface area (Å²) >= 11 is 0. The molecule has 0 unspecified atom stereocenters. The van der Waals surface area contributed by atoms with Gasteiger partial charge >= 0.3 is 0 Å². The van der Waals surface area contributed by atoms with Crippen molar-refractivity contribution in [1.29, 1.82) is 0 Å². The second kappa shape index (κ2) is 11.3. The molecule has 29 heavy (non-hydrogen) atoms. The Kier molecular flexibility index (Phi) is 9.42. The fraction of sp³-hybridized carbons (Fsp3) is 0.571. The molecule has 2 fully saturated rings. The largest absolute Gasteiger partial charge is 0.356 e. The van der Waals surface area contributed by atoms with Crippen LogP contribution in [0.2, 0.25) is 0 Å². The smallest absolute Gasteiger partial charge is 0.211 e. The summed E-state index contributed by atoms with van der Waals surface area (Å²) in [7, 11) is -1.22. The standard InChI is InChI=1S/C21H32N4O2S.HI/c1-22-21(23-17-20-10-14-25(15-11-20)28(2,26)27)24-12-8-19(9-13-24)16-18-6-4-3-5-7-18;/h3-7,16,20H,8-15,17H2,1-2H3,(H,22,23);1H.